The van der Waals surface area contributed by atoms with Crippen LogP contribution in [0.2, 0.25) is 5.02 Å². The molecule has 0 bridgehead atoms. The number of thioether (sulfide) groups is 1. The second-order valence-corrected chi connectivity index (χ2v) is 6.72. The fourth-order valence-corrected chi connectivity index (χ4v) is 3.04. The van der Waals surface area contributed by atoms with E-state index in [4.69, 9.17) is 17.3 Å². The van der Waals surface area contributed by atoms with Gasteiger partial charge in [-0.25, -0.2) is 4.39 Å². The summed E-state index contributed by atoms with van der Waals surface area (Å²) in [5, 5.41) is 2.65. The van der Waals surface area contributed by atoms with Gasteiger partial charge >= 0.3 is 0 Å². The Hall–Kier alpha value is -1.31. The van der Waals surface area contributed by atoms with Crippen molar-refractivity contribution in [1.82, 2.24) is 5.32 Å². The van der Waals surface area contributed by atoms with Gasteiger partial charge < -0.3 is 16.0 Å². The van der Waals surface area contributed by atoms with E-state index in [9.17, 15) is 14.0 Å². The number of hydrogen-bond donors (Lipinski definition) is 2. The van der Waals surface area contributed by atoms with Crippen LogP contribution in [0.4, 0.5) is 10.1 Å². The lowest BCUT2D eigenvalue weighted by Crippen LogP contribution is -2.48. The van der Waals surface area contributed by atoms with Crippen molar-refractivity contribution in [3.8, 4) is 0 Å². The van der Waals surface area contributed by atoms with Crippen molar-refractivity contribution in [1.29, 1.82) is 0 Å². The molecule has 23 heavy (non-hydrogen) atoms. The summed E-state index contributed by atoms with van der Waals surface area (Å²) in [5.74, 6) is -0.311. The Kier molecular flexibility index (Phi) is 6.26. The SMILES string of the molecule is CSCCC(N)C(=O)NC1CCN(c2ccc(F)c(Cl)c2)C1=O. The van der Waals surface area contributed by atoms with Crippen LogP contribution in [0.3, 0.4) is 0 Å². The van der Waals surface area contributed by atoms with E-state index in [1.54, 1.807) is 11.8 Å². The van der Waals surface area contributed by atoms with Gasteiger partial charge in [0.2, 0.25) is 11.8 Å². The van der Waals surface area contributed by atoms with Crippen molar-refractivity contribution in [2.75, 3.05) is 23.5 Å². The number of anilines is 1. The van der Waals surface area contributed by atoms with Crippen molar-refractivity contribution in [3.05, 3.63) is 29.0 Å². The van der Waals surface area contributed by atoms with Crippen molar-refractivity contribution < 1.29 is 14.0 Å². The molecule has 8 heteroatoms. The van der Waals surface area contributed by atoms with E-state index < -0.39 is 17.9 Å². The summed E-state index contributed by atoms with van der Waals surface area (Å²) in [4.78, 5) is 25.9. The third-order valence-corrected chi connectivity index (χ3v) is 4.64. The molecule has 5 nitrogen and oxygen atoms in total. The van der Waals surface area contributed by atoms with Crippen molar-refractivity contribution in [2.24, 2.45) is 5.73 Å². The van der Waals surface area contributed by atoms with E-state index in [-0.39, 0.29) is 16.8 Å². The van der Waals surface area contributed by atoms with E-state index in [0.29, 0.717) is 25.1 Å². The quantitative estimate of drug-likeness (QED) is 0.811. The average Bonchev–Trinajstić information content (AvgIpc) is 2.88. The van der Waals surface area contributed by atoms with Gasteiger partial charge in [-0.1, -0.05) is 11.6 Å². The molecule has 0 aliphatic carbocycles. The van der Waals surface area contributed by atoms with Crippen LogP contribution in [0.1, 0.15) is 12.8 Å². The van der Waals surface area contributed by atoms with Gasteiger partial charge in [-0.2, -0.15) is 11.8 Å². The third kappa shape index (κ3) is 4.37. The molecule has 0 saturated carbocycles. The second-order valence-electron chi connectivity index (χ2n) is 5.33. The maximum atomic E-state index is 13.2. The number of carbonyl (C=O) groups is 2. The van der Waals surface area contributed by atoms with E-state index in [1.807, 2.05) is 6.26 Å². The molecule has 0 aromatic heterocycles. The maximum Gasteiger partial charge on any atom is 0.249 e. The number of benzene rings is 1. The van der Waals surface area contributed by atoms with Crippen LogP contribution in [0.15, 0.2) is 18.2 Å². The molecular weight excluding hydrogens is 341 g/mol. The minimum atomic E-state index is -0.621. The van der Waals surface area contributed by atoms with Crippen LogP contribution in [0.5, 0.6) is 0 Å². The van der Waals surface area contributed by atoms with Crippen LogP contribution in [0, 0.1) is 5.82 Å². The van der Waals surface area contributed by atoms with Crippen LogP contribution >= 0.6 is 23.4 Å². The minimum absolute atomic E-state index is 0.0399. The molecule has 2 amide bonds. The number of carbonyl (C=O) groups excluding carboxylic acids is 2. The van der Waals surface area contributed by atoms with Gasteiger partial charge in [0.15, 0.2) is 0 Å². The first-order valence-corrected chi connectivity index (χ1v) is 9.02. The molecule has 0 radical (unpaired) electrons. The molecule has 1 fully saturated rings. The highest BCUT2D eigenvalue weighted by Crippen LogP contribution is 2.26. The Balaban J connectivity index is 1.98. The zero-order valence-corrected chi connectivity index (χ0v) is 14.3. The lowest BCUT2D eigenvalue weighted by atomic mass is 10.2. The summed E-state index contributed by atoms with van der Waals surface area (Å²) in [5.41, 5.74) is 6.32. The van der Waals surface area contributed by atoms with Gasteiger partial charge in [0.05, 0.1) is 11.1 Å². The first-order chi connectivity index (χ1) is 10.9. The summed E-state index contributed by atoms with van der Waals surface area (Å²) < 4.78 is 13.2. The van der Waals surface area contributed by atoms with Gasteiger partial charge in [-0.15, -0.1) is 0 Å². The molecule has 1 aromatic rings. The Morgan fingerprint density at radius 1 is 1.61 bits per heavy atom. The van der Waals surface area contributed by atoms with Crippen LogP contribution in [-0.2, 0) is 9.59 Å². The molecule has 1 heterocycles. The Morgan fingerprint density at radius 2 is 2.35 bits per heavy atom. The standard InChI is InChI=1S/C15H19ClFN3O2S/c1-23-7-5-12(18)14(21)19-13-4-6-20(15(13)22)9-2-3-11(17)10(16)8-9/h2-3,8,12-13H,4-7,18H2,1H3,(H,19,21). The average molecular weight is 360 g/mol. The molecule has 0 spiro atoms. The molecule has 3 N–H and O–H groups in total. The van der Waals surface area contributed by atoms with Gasteiger partial charge in [0.1, 0.15) is 11.9 Å². The molecule has 2 unspecified atom stereocenters. The number of nitrogens with two attached hydrogens (primary N) is 1. The lowest BCUT2D eigenvalue weighted by Gasteiger charge is -2.19. The van der Waals surface area contributed by atoms with E-state index in [0.717, 1.165) is 5.75 Å². The van der Waals surface area contributed by atoms with Crippen molar-refractivity contribution in [3.63, 3.8) is 0 Å². The highest BCUT2D eigenvalue weighted by Gasteiger charge is 2.34. The van der Waals surface area contributed by atoms with E-state index in [1.165, 1.54) is 23.1 Å². The zero-order valence-electron chi connectivity index (χ0n) is 12.7. The minimum Gasteiger partial charge on any atom is -0.343 e. The third-order valence-electron chi connectivity index (χ3n) is 3.71. The monoisotopic (exact) mass is 359 g/mol. The molecule has 2 atom stereocenters. The Bertz CT molecular complexity index is 602. The molecule has 2 rings (SSSR count). The number of amides is 2. The Labute approximate surface area is 143 Å². The Morgan fingerprint density at radius 3 is 3.00 bits per heavy atom. The number of nitrogens with one attached hydrogen (secondary N) is 1. The largest absolute Gasteiger partial charge is 0.343 e. The molecule has 126 valence electrons. The van der Waals surface area contributed by atoms with Gasteiger partial charge in [-0.05, 0) is 43.0 Å². The predicted octanol–water partition coefficient (Wildman–Crippen LogP) is 1.78. The van der Waals surface area contributed by atoms with Crippen molar-refractivity contribution in [2.45, 2.75) is 24.9 Å². The summed E-state index contributed by atoms with van der Waals surface area (Å²) in [6, 6.07) is 2.89. The zero-order chi connectivity index (χ0) is 17.0. The molecule has 1 aliphatic heterocycles. The van der Waals surface area contributed by atoms with Gasteiger partial charge in [0.25, 0.3) is 0 Å². The number of rotatable bonds is 6. The molecule has 1 saturated heterocycles. The van der Waals surface area contributed by atoms with Crippen LogP contribution < -0.4 is 16.0 Å². The first kappa shape index (κ1) is 18.0. The highest BCUT2D eigenvalue weighted by atomic mass is 35.5. The fraction of sp³-hybridized carbons (Fsp3) is 0.467. The topological polar surface area (TPSA) is 75.4 Å². The molecular formula is C15H19ClFN3O2S. The second kappa shape index (κ2) is 7.99. The molecule has 1 aliphatic rings. The number of nitrogens with zero attached hydrogens (tertiary/aromatic N) is 1. The van der Waals surface area contributed by atoms with Gasteiger partial charge in [0, 0.05) is 12.2 Å². The summed E-state index contributed by atoms with van der Waals surface area (Å²) in [7, 11) is 0. The first-order valence-electron chi connectivity index (χ1n) is 7.25. The summed E-state index contributed by atoms with van der Waals surface area (Å²) in [6.45, 7) is 0.436. The number of hydrogen-bond acceptors (Lipinski definition) is 4. The predicted molar refractivity (Wildman–Crippen MR) is 91.3 cm³/mol. The highest BCUT2D eigenvalue weighted by molar-refractivity contribution is 7.98. The number of halogens is 2. The maximum absolute atomic E-state index is 13.2. The lowest BCUT2D eigenvalue weighted by molar-refractivity contribution is -0.127. The smallest absolute Gasteiger partial charge is 0.249 e. The fourth-order valence-electron chi connectivity index (χ4n) is 2.38. The summed E-state index contributed by atoms with van der Waals surface area (Å²) in [6.07, 6.45) is 2.98. The normalized spacial score (nSPS) is 19.0. The van der Waals surface area contributed by atoms with Crippen LogP contribution in [0.25, 0.3) is 0 Å². The van der Waals surface area contributed by atoms with Gasteiger partial charge in [-0.3, -0.25) is 9.59 Å². The van der Waals surface area contributed by atoms with E-state index in [2.05, 4.69) is 5.32 Å². The molecule has 1 aromatic carbocycles. The van der Waals surface area contributed by atoms with Crippen molar-refractivity contribution >= 4 is 40.9 Å². The van der Waals surface area contributed by atoms with Crippen LogP contribution in [-0.4, -0.2) is 42.5 Å². The summed E-state index contributed by atoms with van der Waals surface area (Å²) >= 11 is 7.36. The van der Waals surface area contributed by atoms with E-state index >= 15 is 0 Å².